The lowest BCUT2D eigenvalue weighted by Gasteiger charge is -2.37. The van der Waals surface area contributed by atoms with Gasteiger partial charge in [0.1, 0.15) is 5.75 Å². The zero-order valence-electron chi connectivity index (χ0n) is 18.9. The Labute approximate surface area is 202 Å². The van der Waals surface area contributed by atoms with Crippen LogP contribution in [-0.2, 0) is 4.79 Å². The maximum absolute atomic E-state index is 12.8. The average molecular weight is 479 g/mol. The fourth-order valence-corrected chi connectivity index (χ4v) is 5.06. The van der Waals surface area contributed by atoms with Crippen LogP contribution in [0.5, 0.6) is 17.2 Å². The summed E-state index contributed by atoms with van der Waals surface area (Å²) in [6.07, 6.45) is 2.14. The van der Waals surface area contributed by atoms with Gasteiger partial charge in [-0.15, -0.1) is 11.3 Å². The van der Waals surface area contributed by atoms with Gasteiger partial charge in [0, 0.05) is 62.5 Å². The zero-order valence-corrected chi connectivity index (χ0v) is 19.7. The predicted molar refractivity (Wildman–Crippen MR) is 130 cm³/mol. The van der Waals surface area contributed by atoms with Crippen LogP contribution in [0.1, 0.15) is 16.2 Å². The molecule has 2 aliphatic rings. The molecule has 1 atom stereocenters. The smallest absolute Gasteiger partial charge is 0.282 e. The molecule has 5 rings (SSSR count). The second kappa shape index (κ2) is 9.82. The van der Waals surface area contributed by atoms with E-state index in [4.69, 9.17) is 9.47 Å². The van der Waals surface area contributed by atoms with Crippen molar-refractivity contribution in [3.05, 3.63) is 65.1 Å². The van der Waals surface area contributed by atoms with Crippen LogP contribution in [0.25, 0.3) is 0 Å². The molecule has 34 heavy (non-hydrogen) atoms. The van der Waals surface area contributed by atoms with Crippen molar-refractivity contribution in [3.63, 3.8) is 0 Å². The summed E-state index contributed by atoms with van der Waals surface area (Å²) in [6, 6.07) is 15.2. The third-order valence-electron chi connectivity index (χ3n) is 6.28. The van der Waals surface area contributed by atoms with Gasteiger partial charge in [0.05, 0.1) is 7.11 Å². The number of benzene rings is 2. The van der Waals surface area contributed by atoms with E-state index < -0.39 is 0 Å². The molecular formula is C25H26N4O4S. The summed E-state index contributed by atoms with van der Waals surface area (Å²) in [6.45, 7) is 3.46. The standard InChI is InChI=1S/C25H26N4O4S/c1-32-21-4-2-3-5-22(21)33-20-8-6-18(7-9-20)29-17-19(16-23(29)30)27-11-13-28(14-12-27)25(31)24-26-10-15-34-24/h2-10,15,19H,11-14,16-17H2,1H3. The molecule has 0 radical (unpaired) electrons. The van der Waals surface area contributed by atoms with Crippen molar-refractivity contribution >= 4 is 28.8 Å². The van der Waals surface area contributed by atoms with E-state index in [0.717, 1.165) is 18.8 Å². The second-order valence-electron chi connectivity index (χ2n) is 8.27. The second-order valence-corrected chi connectivity index (χ2v) is 9.17. The van der Waals surface area contributed by atoms with Gasteiger partial charge in [-0.05, 0) is 36.4 Å². The summed E-state index contributed by atoms with van der Waals surface area (Å²) in [7, 11) is 1.61. The molecule has 0 aliphatic carbocycles. The van der Waals surface area contributed by atoms with Crippen LogP contribution in [0.2, 0.25) is 0 Å². The van der Waals surface area contributed by atoms with Gasteiger partial charge in [-0.3, -0.25) is 14.5 Å². The van der Waals surface area contributed by atoms with Gasteiger partial charge >= 0.3 is 0 Å². The van der Waals surface area contributed by atoms with Crippen LogP contribution in [0.4, 0.5) is 5.69 Å². The molecule has 2 aliphatic heterocycles. The highest BCUT2D eigenvalue weighted by atomic mass is 32.1. The third kappa shape index (κ3) is 4.62. The fraction of sp³-hybridized carbons (Fsp3) is 0.320. The number of aromatic nitrogens is 1. The molecule has 2 amide bonds. The minimum atomic E-state index is -0.00536. The monoisotopic (exact) mass is 478 g/mol. The molecule has 3 aromatic rings. The lowest BCUT2D eigenvalue weighted by molar-refractivity contribution is -0.117. The molecule has 0 saturated carbocycles. The molecule has 176 valence electrons. The zero-order chi connectivity index (χ0) is 23.5. The van der Waals surface area contributed by atoms with E-state index in [1.165, 1.54) is 11.3 Å². The van der Waals surface area contributed by atoms with E-state index in [-0.39, 0.29) is 17.9 Å². The SMILES string of the molecule is COc1ccccc1Oc1ccc(N2CC(N3CCN(C(=O)c4nccs4)CC3)CC2=O)cc1. The normalized spacial score (nSPS) is 18.9. The van der Waals surface area contributed by atoms with Crippen molar-refractivity contribution in [3.8, 4) is 17.2 Å². The topological polar surface area (TPSA) is 75.2 Å². The number of hydrogen-bond acceptors (Lipinski definition) is 7. The van der Waals surface area contributed by atoms with Crippen molar-refractivity contribution in [2.75, 3.05) is 44.7 Å². The number of carbonyl (C=O) groups is 2. The van der Waals surface area contributed by atoms with Gasteiger partial charge in [0.15, 0.2) is 16.5 Å². The number of ether oxygens (including phenoxy) is 2. The number of rotatable bonds is 6. The maximum Gasteiger partial charge on any atom is 0.282 e. The van der Waals surface area contributed by atoms with E-state index in [2.05, 4.69) is 9.88 Å². The molecular weight excluding hydrogens is 452 g/mol. The first kappa shape index (κ1) is 22.4. The number of thiazole rings is 1. The lowest BCUT2D eigenvalue weighted by atomic mass is 10.2. The van der Waals surface area contributed by atoms with Gasteiger partial charge in [-0.25, -0.2) is 4.98 Å². The van der Waals surface area contributed by atoms with Gasteiger partial charge in [-0.1, -0.05) is 12.1 Å². The summed E-state index contributed by atoms with van der Waals surface area (Å²) < 4.78 is 11.3. The highest BCUT2D eigenvalue weighted by Crippen LogP contribution is 2.33. The number of methoxy groups -OCH3 is 1. The molecule has 3 heterocycles. The quantitative estimate of drug-likeness (QED) is 0.540. The Morgan fingerprint density at radius 2 is 1.76 bits per heavy atom. The molecule has 1 unspecified atom stereocenters. The Hall–Kier alpha value is -3.43. The minimum Gasteiger partial charge on any atom is -0.493 e. The molecule has 0 N–H and O–H groups in total. The van der Waals surface area contributed by atoms with Gasteiger partial charge in [0.25, 0.3) is 5.91 Å². The largest absolute Gasteiger partial charge is 0.493 e. The number of piperazine rings is 1. The van der Waals surface area contributed by atoms with E-state index in [9.17, 15) is 9.59 Å². The van der Waals surface area contributed by atoms with Crippen molar-refractivity contribution in [1.29, 1.82) is 0 Å². The fourth-order valence-electron chi connectivity index (χ4n) is 4.46. The summed E-state index contributed by atoms with van der Waals surface area (Å²) in [4.78, 5) is 35.5. The number of amides is 2. The van der Waals surface area contributed by atoms with E-state index in [1.807, 2.05) is 63.7 Å². The predicted octanol–water partition coefficient (Wildman–Crippen LogP) is 3.51. The molecule has 2 saturated heterocycles. The Bertz CT molecular complexity index is 1140. The molecule has 0 bridgehead atoms. The Morgan fingerprint density at radius 3 is 2.44 bits per heavy atom. The summed E-state index contributed by atoms with van der Waals surface area (Å²) in [5, 5.41) is 2.35. The molecule has 0 spiro atoms. The van der Waals surface area contributed by atoms with Crippen molar-refractivity contribution in [2.45, 2.75) is 12.5 Å². The van der Waals surface area contributed by atoms with E-state index in [0.29, 0.717) is 48.3 Å². The van der Waals surface area contributed by atoms with E-state index >= 15 is 0 Å². The van der Waals surface area contributed by atoms with Crippen LogP contribution in [0.15, 0.2) is 60.1 Å². The first-order valence-electron chi connectivity index (χ1n) is 11.3. The third-order valence-corrected chi connectivity index (χ3v) is 7.04. The van der Waals surface area contributed by atoms with Crippen molar-refractivity contribution in [1.82, 2.24) is 14.8 Å². The van der Waals surface area contributed by atoms with Crippen LogP contribution < -0.4 is 14.4 Å². The number of anilines is 1. The maximum atomic E-state index is 12.8. The van der Waals surface area contributed by atoms with Crippen molar-refractivity contribution < 1.29 is 19.1 Å². The number of hydrogen-bond donors (Lipinski definition) is 0. The van der Waals surface area contributed by atoms with Crippen LogP contribution in [0, 0.1) is 0 Å². The number of carbonyl (C=O) groups excluding carboxylic acids is 2. The van der Waals surface area contributed by atoms with Gasteiger partial charge < -0.3 is 19.3 Å². The Kier molecular flexibility index (Phi) is 6.46. The first-order valence-corrected chi connectivity index (χ1v) is 12.1. The molecule has 1 aromatic heterocycles. The first-order chi connectivity index (χ1) is 16.6. The molecule has 8 nitrogen and oxygen atoms in total. The molecule has 2 aromatic carbocycles. The van der Waals surface area contributed by atoms with Gasteiger partial charge in [-0.2, -0.15) is 0 Å². The highest BCUT2D eigenvalue weighted by Gasteiger charge is 2.36. The van der Waals surface area contributed by atoms with Gasteiger partial charge in [0.2, 0.25) is 5.91 Å². The van der Waals surface area contributed by atoms with E-state index in [1.54, 1.807) is 13.3 Å². The average Bonchev–Trinajstić information content (AvgIpc) is 3.55. The minimum absolute atomic E-state index is 0.00536. The number of para-hydroxylation sites is 2. The number of nitrogens with zero attached hydrogens (tertiary/aromatic N) is 4. The lowest BCUT2D eigenvalue weighted by Crippen LogP contribution is -2.52. The summed E-state index contributed by atoms with van der Waals surface area (Å²) in [5.74, 6) is 2.09. The Balaban J connectivity index is 1.18. The van der Waals surface area contributed by atoms with Crippen LogP contribution in [-0.4, -0.2) is 72.5 Å². The molecule has 2 fully saturated rings. The van der Waals surface area contributed by atoms with Crippen molar-refractivity contribution in [2.24, 2.45) is 0 Å². The molecule has 9 heteroatoms. The Morgan fingerprint density at radius 1 is 1.03 bits per heavy atom. The van der Waals surface area contributed by atoms with Crippen LogP contribution >= 0.6 is 11.3 Å². The highest BCUT2D eigenvalue weighted by molar-refractivity contribution is 7.11. The summed E-state index contributed by atoms with van der Waals surface area (Å²) in [5.41, 5.74) is 0.859. The van der Waals surface area contributed by atoms with Crippen LogP contribution in [0.3, 0.4) is 0 Å². The summed E-state index contributed by atoms with van der Waals surface area (Å²) >= 11 is 1.37.